The Morgan fingerprint density at radius 1 is 0.529 bits per heavy atom. The van der Waals surface area contributed by atoms with Crippen molar-refractivity contribution < 1.29 is 0 Å². The SMILES string of the molecule is CCCC1CCC(NCc2ccccc2)CC1.CCCC1CCC(NCc2ccccc2)CC1. The Balaban J connectivity index is 0.000000191. The maximum absolute atomic E-state index is 3.70. The summed E-state index contributed by atoms with van der Waals surface area (Å²) in [6.07, 6.45) is 16.8. The summed E-state index contributed by atoms with van der Waals surface area (Å²) in [7, 11) is 0. The highest BCUT2D eigenvalue weighted by Crippen LogP contribution is 2.28. The van der Waals surface area contributed by atoms with Crippen molar-refractivity contribution in [2.45, 2.75) is 116 Å². The first-order valence-corrected chi connectivity index (χ1v) is 14.3. The van der Waals surface area contributed by atoms with Crippen LogP contribution in [0.4, 0.5) is 0 Å². The number of hydrogen-bond donors (Lipinski definition) is 2. The molecule has 188 valence electrons. The van der Waals surface area contributed by atoms with Gasteiger partial charge in [0.15, 0.2) is 0 Å². The Morgan fingerprint density at radius 2 is 0.882 bits per heavy atom. The molecule has 0 atom stereocenters. The van der Waals surface area contributed by atoms with Gasteiger partial charge in [-0.05, 0) is 74.3 Å². The standard InChI is InChI=1S/2C16H25N/c2*1-2-6-14-9-11-16(12-10-14)17-13-15-7-4-3-5-8-15/h2*3-5,7-8,14,16-17H,2,6,9-13H2,1H3. The van der Waals surface area contributed by atoms with Gasteiger partial charge < -0.3 is 10.6 Å². The van der Waals surface area contributed by atoms with Gasteiger partial charge >= 0.3 is 0 Å². The highest BCUT2D eigenvalue weighted by molar-refractivity contribution is 5.15. The lowest BCUT2D eigenvalue weighted by molar-refractivity contribution is 0.277. The van der Waals surface area contributed by atoms with Crippen LogP contribution < -0.4 is 10.6 Å². The van der Waals surface area contributed by atoms with E-state index in [-0.39, 0.29) is 0 Å². The first-order valence-electron chi connectivity index (χ1n) is 14.3. The Kier molecular flexibility index (Phi) is 12.8. The van der Waals surface area contributed by atoms with Crippen molar-refractivity contribution in [2.75, 3.05) is 0 Å². The lowest BCUT2D eigenvalue weighted by atomic mass is 9.83. The summed E-state index contributed by atoms with van der Waals surface area (Å²) < 4.78 is 0. The molecule has 2 N–H and O–H groups in total. The van der Waals surface area contributed by atoms with E-state index in [4.69, 9.17) is 0 Å². The molecule has 0 radical (unpaired) electrons. The highest BCUT2D eigenvalue weighted by Gasteiger charge is 2.20. The van der Waals surface area contributed by atoms with Crippen molar-refractivity contribution in [1.82, 2.24) is 10.6 Å². The van der Waals surface area contributed by atoms with Gasteiger partial charge in [-0.15, -0.1) is 0 Å². The number of hydrogen-bond acceptors (Lipinski definition) is 2. The van der Waals surface area contributed by atoms with Crippen LogP contribution in [0.1, 0.15) is 102 Å². The highest BCUT2D eigenvalue weighted by atomic mass is 14.9. The summed E-state index contributed by atoms with van der Waals surface area (Å²) in [6, 6.07) is 23.0. The van der Waals surface area contributed by atoms with Crippen molar-refractivity contribution >= 4 is 0 Å². The van der Waals surface area contributed by atoms with Gasteiger partial charge in [-0.3, -0.25) is 0 Å². The molecule has 0 aliphatic heterocycles. The van der Waals surface area contributed by atoms with E-state index in [1.54, 1.807) is 0 Å². The van der Waals surface area contributed by atoms with Crippen LogP contribution in [-0.2, 0) is 13.1 Å². The zero-order chi connectivity index (χ0) is 23.8. The molecule has 2 heteroatoms. The second-order valence-electron chi connectivity index (χ2n) is 10.7. The molecule has 4 rings (SSSR count). The topological polar surface area (TPSA) is 24.1 Å². The Hall–Kier alpha value is -1.64. The van der Waals surface area contributed by atoms with Gasteiger partial charge in [0.25, 0.3) is 0 Å². The average Bonchev–Trinajstić information content (AvgIpc) is 2.90. The van der Waals surface area contributed by atoms with Crippen LogP contribution in [-0.4, -0.2) is 12.1 Å². The first-order chi connectivity index (χ1) is 16.8. The Bertz CT molecular complexity index is 663. The van der Waals surface area contributed by atoms with Crippen molar-refractivity contribution in [3.63, 3.8) is 0 Å². The Labute approximate surface area is 210 Å². The monoisotopic (exact) mass is 462 g/mol. The minimum atomic E-state index is 0.753. The maximum Gasteiger partial charge on any atom is 0.0208 e. The lowest BCUT2D eigenvalue weighted by Crippen LogP contribution is -2.32. The fourth-order valence-corrected chi connectivity index (χ4v) is 5.84. The zero-order valence-electron chi connectivity index (χ0n) is 22.0. The quantitative estimate of drug-likeness (QED) is 0.371. The summed E-state index contributed by atoms with van der Waals surface area (Å²) in [5.74, 6) is 2.02. The molecule has 2 fully saturated rings. The predicted molar refractivity (Wildman–Crippen MR) is 148 cm³/mol. The molecule has 2 aromatic rings. The minimum absolute atomic E-state index is 0.753. The molecule has 0 saturated heterocycles. The molecule has 2 aliphatic rings. The predicted octanol–water partition coefficient (Wildman–Crippen LogP) is 8.27. The van der Waals surface area contributed by atoms with E-state index in [0.717, 1.165) is 37.0 Å². The summed E-state index contributed by atoms with van der Waals surface area (Å²) in [4.78, 5) is 0. The third-order valence-corrected chi connectivity index (χ3v) is 7.96. The van der Waals surface area contributed by atoms with E-state index in [1.165, 1.54) is 88.2 Å². The first kappa shape index (κ1) is 27.0. The second-order valence-corrected chi connectivity index (χ2v) is 10.7. The van der Waals surface area contributed by atoms with Crippen LogP contribution in [0.25, 0.3) is 0 Å². The van der Waals surface area contributed by atoms with Crippen LogP contribution in [0.2, 0.25) is 0 Å². The molecule has 2 aromatic carbocycles. The van der Waals surface area contributed by atoms with E-state index in [0.29, 0.717) is 0 Å². The van der Waals surface area contributed by atoms with E-state index >= 15 is 0 Å². The number of nitrogens with one attached hydrogen (secondary N) is 2. The van der Waals surface area contributed by atoms with Gasteiger partial charge in [0.1, 0.15) is 0 Å². The molecule has 34 heavy (non-hydrogen) atoms. The molecule has 0 amide bonds. The van der Waals surface area contributed by atoms with Crippen LogP contribution in [0, 0.1) is 11.8 Å². The van der Waals surface area contributed by atoms with Gasteiger partial charge in [-0.1, -0.05) is 100 Å². The molecule has 0 spiro atoms. The van der Waals surface area contributed by atoms with E-state index in [1.807, 2.05) is 0 Å². The zero-order valence-corrected chi connectivity index (χ0v) is 22.0. The van der Waals surface area contributed by atoms with E-state index in [9.17, 15) is 0 Å². The molecule has 2 saturated carbocycles. The maximum atomic E-state index is 3.70. The summed E-state index contributed by atoms with van der Waals surface area (Å²) >= 11 is 0. The van der Waals surface area contributed by atoms with Gasteiger partial charge in [0, 0.05) is 25.2 Å². The van der Waals surface area contributed by atoms with Gasteiger partial charge in [-0.2, -0.15) is 0 Å². The molecular weight excluding hydrogens is 412 g/mol. The average molecular weight is 463 g/mol. The lowest BCUT2D eigenvalue weighted by Gasteiger charge is -2.29. The van der Waals surface area contributed by atoms with E-state index in [2.05, 4.69) is 85.1 Å². The number of rotatable bonds is 10. The molecule has 2 aliphatic carbocycles. The van der Waals surface area contributed by atoms with Crippen LogP contribution in [0.3, 0.4) is 0 Å². The Morgan fingerprint density at radius 3 is 1.21 bits per heavy atom. The van der Waals surface area contributed by atoms with Gasteiger partial charge in [0.2, 0.25) is 0 Å². The van der Waals surface area contributed by atoms with Crippen LogP contribution in [0.15, 0.2) is 60.7 Å². The fraction of sp³-hybridized carbons (Fsp3) is 0.625. The molecular formula is C32H50N2. The largest absolute Gasteiger partial charge is 0.310 e. The number of benzene rings is 2. The van der Waals surface area contributed by atoms with Crippen molar-refractivity contribution in [2.24, 2.45) is 11.8 Å². The third-order valence-electron chi connectivity index (χ3n) is 7.96. The second kappa shape index (κ2) is 16.1. The smallest absolute Gasteiger partial charge is 0.0208 e. The van der Waals surface area contributed by atoms with Gasteiger partial charge in [-0.25, -0.2) is 0 Å². The van der Waals surface area contributed by atoms with Crippen molar-refractivity contribution in [1.29, 1.82) is 0 Å². The molecule has 0 unspecified atom stereocenters. The molecule has 0 aromatic heterocycles. The normalized spacial score (nSPS) is 24.8. The summed E-state index contributed by atoms with van der Waals surface area (Å²) in [5.41, 5.74) is 2.81. The molecule has 0 heterocycles. The molecule has 2 nitrogen and oxygen atoms in total. The summed E-state index contributed by atoms with van der Waals surface area (Å²) in [6.45, 7) is 6.67. The minimum Gasteiger partial charge on any atom is -0.310 e. The summed E-state index contributed by atoms with van der Waals surface area (Å²) in [5, 5.41) is 7.40. The van der Waals surface area contributed by atoms with Crippen molar-refractivity contribution in [3.8, 4) is 0 Å². The van der Waals surface area contributed by atoms with Crippen molar-refractivity contribution in [3.05, 3.63) is 71.8 Å². The fourth-order valence-electron chi connectivity index (χ4n) is 5.84. The van der Waals surface area contributed by atoms with Gasteiger partial charge in [0.05, 0.1) is 0 Å². The molecule has 0 bridgehead atoms. The van der Waals surface area contributed by atoms with Crippen LogP contribution in [0.5, 0.6) is 0 Å². The van der Waals surface area contributed by atoms with Crippen LogP contribution >= 0.6 is 0 Å². The van der Waals surface area contributed by atoms with E-state index < -0.39 is 0 Å². The third kappa shape index (κ3) is 10.3.